The SMILES string of the molecule is COCCCN1C(=O)[C@@H]2C[C@H](NC(=O)c3cn(C)cn3)CN2CCS1(=O)=O. The van der Waals surface area contributed by atoms with E-state index in [4.69, 9.17) is 4.74 Å². The summed E-state index contributed by atoms with van der Waals surface area (Å²) in [6.07, 6.45) is 4.00. The highest BCUT2D eigenvalue weighted by atomic mass is 32.2. The van der Waals surface area contributed by atoms with Gasteiger partial charge in [-0.3, -0.25) is 14.5 Å². The van der Waals surface area contributed by atoms with Crippen LogP contribution in [0.1, 0.15) is 23.3 Å². The van der Waals surface area contributed by atoms with Gasteiger partial charge in [-0.1, -0.05) is 0 Å². The number of hydrogen-bond donors (Lipinski definition) is 1. The first kappa shape index (κ1) is 19.8. The predicted molar refractivity (Wildman–Crippen MR) is 96.4 cm³/mol. The number of ether oxygens (including phenoxy) is 1. The van der Waals surface area contributed by atoms with E-state index in [9.17, 15) is 18.0 Å². The van der Waals surface area contributed by atoms with Crippen molar-refractivity contribution in [3.8, 4) is 0 Å². The van der Waals surface area contributed by atoms with Crippen LogP contribution in [0, 0.1) is 0 Å². The standard InChI is InChI=1S/C16H25N5O5S/c1-19-10-13(17-11-19)15(22)18-12-8-14-16(23)21(4-3-6-26-2)27(24,25)7-5-20(14)9-12/h10-12,14H,3-9H2,1-2H3,(H,18,22)/t12-,14-/m0/s1. The van der Waals surface area contributed by atoms with Gasteiger partial charge in [0.2, 0.25) is 10.0 Å². The lowest BCUT2D eigenvalue weighted by Gasteiger charge is -2.23. The Morgan fingerprint density at radius 3 is 2.89 bits per heavy atom. The highest BCUT2D eigenvalue weighted by Crippen LogP contribution is 2.25. The number of carbonyl (C=O) groups is 2. The number of amides is 2. The number of carbonyl (C=O) groups excluding carboxylic acids is 2. The maximum Gasteiger partial charge on any atom is 0.271 e. The second-order valence-electron chi connectivity index (χ2n) is 6.91. The van der Waals surface area contributed by atoms with Gasteiger partial charge < -0.3 is 14.6 Å². The van der Waals surface area contributed by atoms with E-state index in [0.717, 1.165) is 4.31 Å². The minimum atomic E-state index is -3.63. The maximum atomic E-state index is 12.9. The average Bonchev–Trinajstić information content (AvgIpc) is 3.20. The quantitative estimate of drug-likeness (QED) is 0.598. The van der Waals surface area contributed by atoms with Crippen molar-refractivity contribution in [2.24, 2.45) is 7.05 Å². The summed E-state index contributed by atoms with van der Waals surface area (Å²) in [5, 5.41) is 2.90. The Hall–Kier alpha value is -1.98. The van der Waals surface area contributed by atoms with E-state index in [1.54, 1.807) is 24.1 Å². The summed E-state index contributed by atoms with van der Waals surface area (Å²) in [5.74, 6) is -0.822. The third kappa shape index (κ3) is 4.30. The second-order valence-corrected chi connectivity index (χ2v) is 8.93. The van der Waals surface area contributed by atoms with E-state index < -0.39 is 22.0 Å². The van der Waals surface area contributed by atoms with Gasteiger partial charge in [-0.05, 0) is 12.8 Å². The summed E-state index contributed by atoms with van der Waals surface area (Å²) in [5.41, 5.74) is 0.315. The van der Waals surface area contributed by atoms with E-state index in [1.807, 2.05) is 4.90 Å². The molecule has 1 aromatic heterocycles. The van der Waals surface area contributed by atoms with Crippen molar-refractivity contribution < 1.29 is 22.7 Å². The van der Waals surface area contributed by atoms with Gasteiger partial charge in [-0.25, -0.2) is 17.7 Å². The molecule has 3 heterocycles. The fourth-order valence-corrected chi connectivity index (χ4v) is 5.04. The van der Waals surface area contributed by atoms with Crippen LogP contribution in [0.3, 0.4) is 0 Å². The highest BCUT2D eigenvalue weighted by molar-refractivity contribution is 7.89. The number of aromatic nitrogens is 2. The lowest BCUT2D eigenvalue weighted by molar-refractivity contribution is -0.130. The van der Waals surface area contributed by atoms with Crippen molar-refractivity contribution in [3.05, 3.63) is 18.2 Å². The van der Waals surface area contributed by atoms with Gasteiger partial charge in [-0.15, -0.1) is 0 Å². The molecule has 1 N–H and O–H groups in total. The van der Waals surface area contributed by atoms with Crippen LogP contribution in [0.5, 0.6) is 0 Å². The van der Waals surface area contributed by atoms with Gasteiger partial charge in [0.1, 0.15) is 5.69 Å². The van der Waals surface area contributed by atoms with Crippen molar-refractivity contribution in [1.29, 1.82) is 0 Å². The maximum absolute atomic E-state index is 12.9. The Morgan fingerprint density at radius 1 is 1.44 bits per heavy atom. The first-order valence-corrected chi connectivity index (χ1v) is 10.5. The van der Waals surface area contributed by atoms with Crippen LogP contribution in [0.25, 0.3) is 0 Å². The van der Waals surface area contributed by atoms with Gasteiger partial charge in [0.15, 0.2) is 0 Å². The Balaban J connectivity index is 1.67. The van der Waals surface area contributed by atoms with Crippen molar-refractivity contribution in [3.63, 3.8) is 0 Å². The largest absolute Gasteiger partial charge is 0.385 e. The number of hydrogen-bond acceptors (Lipinski definition) is 7. The lowest BCUT2D eigenvalue weighted by atomic mass is 10.1. The van der Waals surface area contributed by atoms with Crippen LogP contribution in [0.4, 0.5) is 0 Å². The molecular weight excluding hydrogens is 374 g/mol. The van der Waals surface area contributed by atoms with Crippen LogP contribution in [0.15, 0.2) is 12.5 Å². The smallest absolute Gasteiger partial charge is 0.271 e. The van der Waals surface area contributed by atoms with Crippen molar-refractivity contribution in [2.75, 3.05) is 39.1 Å². The highest BCUT2D eigenvalue weighted by Gasteiger charge is 2.45. The summed E-state index contributed by atoms with van der Waals surface area (Å²) in [6.45, 7) is 1.21. The van der Waals surface area contributed by atoms with Gasteiger partial charge in [-0.2, -0.15) is 0 Å². The normalized spacial score (nSPS) is 25.3. The van der Waals surface area contributed by atoms with Gasteiger partial charge >= 0.3 is 0 Å². The molecule has 2 amide bonds. The van der Waals surface area contributed by atoms with Crippen LogP contribution in [-0.2, 0) is 26.6 Å². The monoisotopic (exact) mass is 399 g/mol. The molecule has 150 valence electrons. The second kappa shape index (κ2) is 7.95. The molecule has 1 aromatic rings. The number of fused-ring (bicyclic) bond motifs is 1. The molecule has 0 unspecified atom stereocenters. The van der Waals surface area contributed by atoms with E-state index in [0.29, 0.717) is 31.7 Å². The van der Waals surface area contributed by atoms with E-state index in [1.165, 1.54) is 7.11 Å². The molecule has 2 aliphatic rings. The Morgan fingerprint density at radius 2 is 2.22 bits per heavy atom. The molecule has 27 heavy (non-hydrogen) atoms. The van der Waals surface area contributed by atoms with Crippen LogP contribution < -0.4 is 5.32 Å². The average molecular weight is 399 g/mol. The Kier molecular flexibility index (Phi) is 5.82. The summed E-state index contributed by atoms with van der Waals surface area (Å²) >= 11 is 0. The fourth-order valence-electron chi connectivity index (χ4n) is 3.55. The number of aryl methyl sites for hydroxylation is 1. The molecular formula is C16H25N5O5S. The molecule has 0 radical (unpaired) electrons. The van der Waals surface area contributed by atoms with Gasteiger partial charge in [0.25, 0.3) is 11.8 Å². The molecule has 0 aromatic carbocycles. The van der Waals surface area contributed by atoms with Crippen LogP contribution in [-0.4, -0.2) is 90.2 Å². The van der Waals surface area contributed by atoms with Gasteiger partial charge in [0, 0.05) is 52.6 Å². The van der Waals surface area contributed by atoms with E-state index in [2.05, 4.69) is 10.3 Å². The Labute approximate surface area is 158 Å². The summed E-state index contributed by atoms with van der Waals surface area (Å²) in [6, 6.07) is -0.770. The number of imidazole rings is 1. The molecule has 0 spiro atoms. The van der Waals surface area contributed by atoms with Crippen molar-refractivity contribution in [2.45, 2.75) is 24.9 Å². The van der Waals surface area contributed by atoms with Crippen LogP contribution >= 0.6 is 0 Å². The zero-order valence-electron chi connectivity index (χ0n) is 15.5. The zero-order chi connectivity index (χ0) is 19.6. The topological polar surface area (TPSA) is 114 Å². The number of rotatable bonds is 6. The fraction of sp³-hybridized carbons (Fsp3) is 0.688. The minimum absolute atomic E-state index is 0.108. The number of methoxy groups -OCH3 is 1. The van der Waals surface area contributed by atoms with Crippen molar-refractivity contribution >= 4 is 21.8 Å². The summed E-state index contributed by atoms with van der Waals surface area (Å²) < 4.78 is 32.5. The molecule has 11 heteroatoms. The lowest BCUT2D eigenvalue weighted by Crippen LogP contribution is -2.44. The molecule has 2 aliphatic heterocycles. The van der Waals surface area contributed by atoms with Gasteiger partial charge in [0.05, 0.1) is 18.1 Å². The molecule has 2 atom stereocenters. The van der Waals surface area contributed by atoms with E-state index in [-0.39, 0.29) is 30.8 Å². The summed E-state index contributed by atoms with van der Waals surface area (Å²) in [7, 11) is -0.314. The third-order valence-corrected chi connectivity index (χ3v) is 6.62. The number of nitrogens with zero attached hydrogens (tertiary/aromatic N) is 4. The molecule has 2 fully saturated rings. The first-order valence-electron chi connectivity index (χ1n) is 8.88. The first-order chi connectivity index (χ1) is 12.8. The number of sulfonamides is 1. The van der Waals surface area contributed by atoms with Crippen LogP contribution in [0.2, 0.25) is 0 Å². The molecule has 0 bridgehead atoms. The van der Waals surface area contributed by atoms with E-state index >= 15 is 0 Å². The molecule has 10 nitrogen and oxygen atoms in total. The molecule has 0 aliphatic carbocycles. The molecule has 0 saturated carbocycles. The Bertz CT molecular complexity index is 808. The van der Waals surface area contributed by atoms with Crippen molar-refractivity contribution in [1.82, 2.24) is 24.1 Å². The molecule has 3 rings (SSSR count). The minimum Gasteiger partial charge on any atom is -0.385 e. The summed E-state index contributed by atoms with van der Waals surface area (Å²) in [4.78, 5) is 31.0. The predicted octanol–water partition coefficient (Wildman–Crippen LogP) is -1.20. The third-order valence-electron chi connectivity index (χ3n) is 4.89. The number of nitrogens with one attached hydrogen (secondary N) is 1. The zero-order valence-corrected chi connectivity index (χ0v) is 16.3. The molecule has 2 saturated heterocycles.